The van der Waals surface area contributed by atoms with Crippen LogP contribution in [0.4, 0.5) is 10.6 Å². The van der Waals surface area contributed by atoms with Crippen LogP contribution in [0, 0.1) is 5.92 Å². The van der Waals surface area contributed by atoms with Crippen LogP contribution in [0.15, 0.2) is 55.1 Å². The predicted molar refractivity (Wildman–Crippen MR) is 124 cm³/mol. The average Bonchev–Trinajstić information content (AvgIpc) is 3.53. The molecule has 164 valence electrons. The van der Waals surface area contributed by atoms with Crippen molar-refractivity contribution in [3.8, 4) is 22.5 Å². The predicted octanol–water partition coefficient (Wildman–Crippen LogP) is 4.46. The largest absolute Gasteiger partial charge is 0.345 e. The van der Waals surface area contributed by atoms with E-state index in [4.69, 9.17) is 4.98 Å². The molecule has 0 saturated carbocycles. The van der Waals surface area contributed by atoms with Crippen LogP contribution in [0.25, 0.3) is 28.2 Å². The second-order valence-electron chi connectivity index (χ2n) is 8.54. The van der Waals surface area contributed by atoms with Crippen molar-refractivity contribution in [2.24, 2.45) is 5.92 Å². The minimum absolute atomic E-state index is 0.0336. The molecule has 8 nitrogen and oxygen atoms in total. The van der Waals surface area contributed by atoms with Crippen molar-refractivity contribution < 1.29 is 4.79 Å². The summed E-state index contributed by atoms with van der Waals surface area (Å²) in [7, 11) is 0. The van der Waals surface area contributed by atoms with Crippen LogP contribution in [0.2, 0.25) is 0 Å². The number of anilines is 1. The highest BCUT2D eigenvalue weighted by Gasteiger charge is 2.40. The molecule has 1 N–H and O–H groups in total. The lowest BCUT2D eigenvalue weighted by Gasteiger charge is -2.25. The van der Waals surface area contributed by atoms with Crippen LogP contribution in [-0.4, -0.2) is 54.6 Å². The molecule has 0 radical (unpaired) electrons. The molecule has 0 aliphatic carbocycles. The summed E-state index contributed by atoms with van der Waals surface area (Å²) in [4.78, 5) is 29.3. The molecular formula is C24H27N7O. The van der Waals surface area contributed by atoms with Gasteiger partial charge in [0.1, 0.15) is 11.6 Å². The first-order valence-corrected chi connectivity index (χ1v) is 11.1. The molecule has 1 aliphatic heterocycles. The number of nitrogens with zero attached hydrogens (tertiary/aromatic N) is 6. The Morgan fingerprint density at radius 2 is 1.94 bits per heavy atom. The van der Waals surface area contributed by atoms with Crippen molar-refractivity contribution in [3.05, 3.63) is 55.1 Å². The Hall–Kier alpha value is -3.68. The molecule has 32 heavy (non-hydrogen) atoms. The van der Waals surface area contributed by atoms with E-state index in [1.807, 2.05) is 58.7 Å². The number of rotatable bonds is 6. The number of benzene rings is 1. The number of aromatic nitrogens is 5. The first-order chi connectivity index (χ1) is 15.6. The van der Waals surface area contributed by atoms with Crippen molar-refractivity contribution in [2.75, 3.05) is 18.0 Å². The van der Waals surface area contributed by atoms with Gasteiger partial charge in [-0.1, -0.05) is 45.0 Å². The van der Waals surface area contributed by atoms with Gasteiger partial charge in [-0.2, -0.15) is 5.10 Å². The van der Waals surface area contributed by atoms with Crippen LogP contribution in [0.1, 0.15) is 27.2 Å². The van der Waals surface area contributed by atoms with Crippen molar-refractivity contribution in [3.63, 3.8) is 0 Å². The number of amides is 2. The number of fused-ring (bicyclic) bond motifs is 1. The number of hydrogen-bond acceptors (Lipinski definition) is 4. The van der Waals surface area contributed by atoms with Crippen molar-refractivity contribution in [2.45, 2.75) is 33.2 Å². The lowest BCUT2D eigenvalue weighted by atomic mass is 10.0. The van der Waals surface area contributed by atoms with E-state index >= 15 is 0 Å². The van der Waals surface area contributed by atoms with Gasteiger partial charge in [0.05, 0.1) is 12.2 Å². The van der Waals surface area contributed by atoms with Gasteiger partial charge < -0.3 is 9.88 Å². The molecular weight excluding hydrogens is 402 g/mol. The SMILES string of the molecule is CCCN1C[C@H](C(C)C)N(c2ccn3ncc(-c4ccc(-c5ncc[nH]5)cc4)c3n2)C1=O. The van der Waals surface area contributed by atoms with Gasteiger partial charge in [0.2, 0.25) is 0 Å². The van der Waals surface area contributed by atoms with Gasteiger partial charge in [0, 0.05) is 42.8 Å². The Bertz CT molecular complexity index is 1230. The third-order valence-electron chi connectivity index (χ3n) is 6.05. The van der Waals surface area contributed by atoms with E-state index in [1.54, 1.807) is 10.7 Å². The number of carbonyl (C=O) groups excluding carboxylic acids is 1. The molecule has 1 aliphatic rings. The minimum atomic E-state index is 0.0336. The molecule has 0 unspecified atom stereocenters. The second-order valence-corrected chi connectivity index (χ2v) is 8.54. The van der Waals surface area contributed by atoms with Gasteiger partial charge >= 0.3 is 6.03 Å². The zero-order chi connectivity index (χ0) is 22.2. The fourth-order valence-corrected chi connectivity index (χ4v) is 4.34. The molecule has 0 bridgehead atoms. The van der Waals surface area contributed by atoms with Crippen LogP contribution in [-0.2, 0) is 0 Å². The summed E-state index contributed by atoms with van der Waals surface area (Å²) < 4.78 is 1.76. The summed E-state index contributed by atoms with van der Waals surface area (Å²) in [6.07, 6.45) is 8.20. The highest BCUT2D eigenvalue weighted by Crippen LogP contribution is 2.31. The number of urea groups is 1. The van der Waals surface area contributed by atoms with Gasteiger partial charge in [-0.15, -0.1) is 0 Å². The van der Waals surface area contributed by atoms with E-state index in [9.17, 15) is 4.79 Å². The van der Waals surface area contributed by atoms with Crippen LogP contribution in [0.5, 0.6) is 0 Å². The third kappa shape index (κ3) is 3.41. The van der Waals surface area contributed by atoms with E-state index < -0.39 is 0 Å². The molecule has 8 heteroatoms. The Morgan fingerprint density at radius 3 is 2.62 bits per heavy atom. The molecule has 1 aromatic carbocycles. The molecule has 1 saturated heterocycles. The van der Waals surface area contributed by atoms with Crippen molar-refractivity contribution >= 4 is 17.5 Å². The lowest BCUT2D eigenvalue weighted by Crippen LogP contribution is -2.38. The summed E-state index contributed by atoms with van der Waals surface area (Å²) in [5, 5.41) is 4.47. The number of imidazole rings is 1. The Labute approximate surface area is 186 Å². The topological polar surface area (TPSA) is 82.4 Å². The van der Waals surface area contributed by atoms with E-state index in [1.165, 1.54) is 0 Å². The van der Waals surface area contributed by atoms with Crippen molar-refractivity contribution in [1.82, 2.24) is 29.5 Å². The summed E-state index contributed by atoms with van der Waals surface area (Å²) in [5.41, 5.74) is 3.69. The second kappa shape index (κ2) is 8.11. The van der Waals surface area contributed by atoms with Gasteiger partial charge in [-0.05, 0) is 24.0 Å². The van der Waals surface area contributed by atoms with Crippen LogP contribution >= 0.6 is 0 Å². The summed E-state index contributed by atoms with van der Waals surface area (Å²) >= 11 is 0. The maximum absolute atomic E-state index is 13.2. The zero-order valence-electron chi connectivity index (χ0n) is 18.6. The molecule has 2 amide bonds. The smallest absolute Gasteiger partial charge is 0.326 e. The first-order valence-electron chi connectivity index (χ1n) is 11.1. The normalized spacial score (nSPS) is 16.6. The fourth-order valence-electron chi connectivity index (χ4n) is 4.34. The molecule has 3 aromatic heterocycles. The Balaban J connectivity index is 1.52. The lowest BCUT2D eigenvalue weighted by molar-refractivity contribution is 0.220. The van der Waals surface area contributed by atoms with Gasteiger partial charge in [0.25, 0.3) is 0 Å². The molecule has 1 atom stereocenters. The highest BCUT2D eigenvalue weighted by molar-refractivity contribution is 5.94. The fraction of sp³-hybridized carbons (Fsp3) is 0.333. The molecule has 4 heterocycles. The van der Waals surface area contributed by atoms with Crippen LogP contribution < -0.4 is 4.90 Å². The van der Waals surface area contributed by atoms with E-state index in [0.29, 0.717) is 11.7 Å². The number of H-pyrrole nitrogens is 1. The standard InChI is InChI=1S/C24H27N7O/c1-4-12-29-15-20(16(2)3)31(24(29)32)21-9-13-30-23(28-21)19(14-27-30)17-5-7-18(8-6-17)22-25-10-11-26-22/h5-11,13-14,16,20H,4,12,15H2,1-3H3,(H,25,26)/t20-/m1/s1. The maximum Gasteiger partial charge on any atom is 0.326 e. The van der Waals surface area contributed by atoms with Gasteiger partial charge in [0.15, 0.2) is 5.65 Å². The zero-order valence-corrected chi connectivity index (χ0v) is 18.6. The summed E-state index contributed by atoms with van der Waals surface area (Å²) in [6, 6.07) is 10.2. The van der Waals surface area contributed by atoms with Gasteiger partial charge in [-0.25, -0.2) is 19.3 Å². The summed E-state index contributed by atoms with van der Waals surface area (Å²) in [6.45, 7) is 7.91. The maximum atomic E-state index is 13.2. The number of nitrogens with one attached hydrogen (secondary N) is 1. The number of carbonyl (C=O) groups is 1. The first kappa shape index (κ1) is 20.2. The van der Waals surface area contributed by atoms with Gasteiger partial charge in [-0.3, -0.25) is 4.90 Å². The monoisotopic (exact) mass is 429 g/mol. The van der Waals surface area contributed by atoms with Crippen molar-refractivity contribution in [1.29, 1.82) is 0 Å². The van der Waals surface area contributed by atoms with E-state index in [0.717, 1.165) is 47.7 Å². The third-order valence-corrected chi connectivity index (χ3v) is 6.05. The minimum Gasteiger partial charge on any atom is -0.345 e. The molecule has 4 aromatic rings. The van der Waals surface area contributed by atoms with E-state index in [2.05, 4.69) is 35.8 Å². The Morgan fingerprint density at radius 1 is 1.16 bits per heavy atom. The Kier molecular flexibility index (Phi) is 5.13. The highest BCUT2D eigenvalue weighted by atomic mass is 16.2. The number of aromatic amines is 1. The molecule has 0 spiro atoms. The van der Waals surface area contributed by atoms with E-state index in [-0.39, 0.29) is 12.1 Å². The van der Waals surface area contributed by atoms with Crippen LogP contribution in [0.3, 0.4) is 0 Å². The average molecular weight is 430 g/mol. The number of hydrogen-bond donors (Lipinski definition) is 1. The summed E-state index contributed by atoms with van der Waals surface area (Å²) in [5.74, 6) is 1.84. The molecule has 1 fully saturated rings. The molecule has 5 rings (SSSR count). The quantitative estimate of drug-likeness (QED) is 0.490.